The highest BCUT2D eigenvalue weighted by atomic mass is 16.5. The first-order valence-electron chi connectivity index (χ1n) is 8.20. The lowest BCUT2D eigenvalue weighted by Gasteiger charge is -2.27. The van der Waals surface area contributed by atoms with Crippen molar-refractivity contribution in [2.24, 2.45) is 0 Å². The number of anilines is 1. The number of ether oxygens (including phenoxy) is 1. The van der Waals surface area contributed by atoms with Gasteiger partial charge in [-0.05, 0) is 57.1 Å². The lowest BCUT2D eigenvalue weighted by molar-refractivity contribution is -0.117. The van der Waals surface area contributed by atoms with E-state index < -0.39 is 0 Å². The maximum atomic E-state index is 12.3. The van der Waals surface area contributed by atoms with Crippen molar-refractivity contribution in [1.82, 2.24) is 10.2 Å². The average molecular weight is 305 g/mol. The Balaban J connectivity index is 1.86. The van der Waals surface area contributed by atoms with E-state index in [1.807, 2.05) is 31.2 Å². The van der Waals surface area contributed by atoms with Crippen LogP contribution in [0.25, 0.3) is 0 Å². The highest BCUT2D eigenvalue weighted by Crippen LogP contribution is 2.16. The van der Waals surface area contributed by atoms with Gasteiger partial charge in [0.25, 0.3) is 0 Å². The van der Waals surface area contributed by atoms with Gasteiger partial charge in [-0.15, -0.1) is 0 Å². The molecule has 1 unspecified atom stereocenters. The molecule has 1 fully saturated rings. The van der Waals surface area contributed by atoms with E-state index in [9.17, 15) is 4.79 Å². The zero-order valence-electron chi connectivity index (χ0n) is 13.6. The Labute approximate surface area is 133 Å². The van der Waals surface area contributed by atoms with Crippen LogP contribution in [0, 0.1) is 0 Å². The predicted molar refractivity (Wildman–Crippen MR) is 89.4 cm³/mol. The van der Waals surface area contributed by atoms with Gasteiger partial charge in [-0.3, -0.25) is 9.69 Å². The molecule has 1 aromatic carbocycles. The van der Waals surface area contributed by atoms with Crippen molar-refractivity contribution in [3.05, 3.63) is 24.3 Å². The van der Waals surface area contributed by atoms with Gasteiger partial charge in [0.05, 0.1) is 13.2 Å². The Bertz CT molecular complexity index is 455. The molecule has 0 aromatic heterocycles. The quantitative estimate of drug-likeness (QED) is 0.772. The normalized spacial score (nSPS) is 17.7. The van der Waals surface area contributed by atoms with Crippen molar-refractivity contribution < 1.29 is 9.53 Å². The van der Waals surface area contributed by atoms with Crippen molar-refractivity contribution in [3.8, 4) is 5.75 Å². The predicted octanol–water partition coefficient (Wildman–Crippen LogP) is 2.10. The van der Waals surface area contributed by atoms with Gasteiger partial charge in [0.1, 0.15) is 5.75 Å². The van der Waals surface area contributed by atoms with E-state index in [1.165, 1.54) is 0 Å². The Hall–Kier alpha value is -1.59. The summed E-state index contributed by atoms with van der Waals surface area (Å²) >= 11 is 0. The fourth-order valence-electron chi connectivity index (χ4n) is 2.82. The van der Waals surface area contributed by atoms with Crippen LogP contribution in [0.3, 0.4) is 0 Å². The third-order valence-electron chi connectivity index (χ3n) is 3.86. The third kappa shape index (κ3) is 5.00. The van der Waals surface area contributed by atoms with Crippen LogP contribution in [0.2, 0.25) is 0 Å². The number of hydrogen-bond acceptors (Lipinski definition) is 4. The standard InChI is InChI=1S/C17H27N3O2/c1-3-11-20(15-9-10-18-12-15)13-17(21)19-14-5-7-16(8-6-14)22-4-2/h5-8,15,18H,3-4,9-13H2,1-2H3,(H,19,21). The van der Waals surface area contributed by atoms with Crippen LogP contribution >= 0.6 is 0 Å². The number of nitrogens with one attached hydrogen (secondary N) is 2. The number of nitrogens with zero attached hydrogens (tertiary/aromatic N) is 1. The fraction of sp³-hybridized carbons (Fsp3) is 0.588. The van der Waals surface area contributed by atoms with Crippen LogP contribution in [0.5, 0.6) is 5.75 Å². The number of hydrogen-bond donors (Lipinski definition) is 2. The summed E-state index contributed by atoms with van der Waals surface area (Å²) in [4.78, 5) is 14.5. The lowest BCUT2D eigenvalue weighted by atomic mass is 10.2. The molecule has 2 rings (SSSR count). The Morgan fingerprint density at radius 3 is 2.73 bits per heavy atom. The Morgan fingerprint density at radius 2 is 2.14 bits per heavy atom. The summed E-state index contributed by atoms with van der Waals surface area (Å²) in [5.74, 6) is 0.870. The van der Waals surface area contributed by atoms with Gasteiger partial charge < -0.3 is 15.4 Å². The molecule has 0 bridgehead atoms. The van der Waals surface area contributed by atoms with Gasteiger partial charge in [-0.25, -0.2) is 0 Å². The van der Waals surface area contributed by atoms with E-state index >= 15 is 0 Å². The maximum Gasteiger partial charge on any atom is 0.238 e. The smallest absolute Gasteiger partial charge is 0.238 e. The molecule has 1 saturated heterocycles. The average Bonchev–Trinajstić information content (AvgIpc) is 3.03. The summed E-state index contributed by atoms with van der Waals surface area (Å²) in [6, 6.07) is 7.99. The van der Waals surface area contributed by atoms with E-state index in [4.69, 9.17) is 4.74 Å². The first-order valence-corrected chi connectivity index (χ1v) is 8.20. The molecule has 1 aromatic rings. The summed E-state index contributed by atoms with van der Waals surface area (Å²) in [6.45, 7) is 8.20. The molecular weight excluding hydrogens is 278 g/mol. The SMILES string of the molecule is CCCN(CC(=O)Nc1ccc(OCC)cc1)C1CCNC1. The largest absolute Gasteiger partial charge is 0.494 e. The van der Waals surface area contributed by atoms with Gasteiger partial charge >= 0.3 is 0 Å². The van der Waals surface area contributed by atoms with E-state index in [0.717, 1.165) is 43.9 Å². The number of carbonyl (C=O) groups excluding carboxylic acids is 1. The summed E-state index contributed by atoms with van der Waals surface area (Å²) in [6.07, 6.45) is 2.18. The molecule has 122 valence electrons. The molecule has 0 saturated carbocycles. The first-order chi connectivity index (χ1) is 10.7. The van der Waals surface area contributed by atoms with Gasteiger partial charge in [0, 0.05) is 18.3 Å². The van der Waals surface area contributed by atoms with E-state index in [2.05, 4.69) is 22.5 Å². The minimum atomic E-state index is 0.0458. The van der Waals surface area contributed by atoms with Crippen LogP contribution in [0.4, 0.5) is 5.69 Å². The Morgan fingerprint density at radius 1 is 1.36 bits per heavy atom. The van der Waals surface area contributed by atoms with E-state index in [-0.39, 0.29) is 5.91 Å². The minimum Gasteiger partial charge on any atom is -0.494 e. The molecule has 1 aliphatic heterocycles. The molecule has 5 nitrogen and oxygen atoms in total. The van der Waals surface area contributed by atoms with Crippen molar-refractivity contribution >= 4 is 11.6 Å². The van der Waals surface area contributed by atoms with Gasteiger partial charge in [0.15, 0.2) is 0 Å². The van der Waals surface area contributed by atoms with E-state index in [0.29, 0.717) is 19.2 Å². The number of carbonyl (C=O) groups is 1. The Kier molecular flexibility index (Phi) is 6.68. The second-order valence-electron chi connectivity index (χ2n) is 5.62. The van der Waals surface area contributed by atoms with Crippen LogP contribution in [-0.2, 0) is 4.79 Å². The number of rotatable bonds is 8. The topological polar surface area (TPSA) is 53.6 Å². The summed E-state index contributed by atoms with van der Waals surface area (Å²) in [7, 11) is 0. The molecule has 22 heavy (non-hydrogen) atoms. The molecular formula is C17H27N3O2. The van der Waals surface area contributed by atoms with Crippen molar-refractivity contribution in [1.29, 1.82) is 0 Å². The zero-order valence-corrected chi connectivity index (χ0v) is 13.6. The second-order valence-corrected chi connectivity index (χ2v) is 5.62. The highest BCUT2D eigenvalue weighted by Gasteiger charge is 2.23. The highest BCUT2D eigenvalue weighted by molar-refractivity contribution is 5.92. The third-order valence-corrected chi connectivity index (χ3v) is 3.86. The molecule has 0 spiro atoms. The molecule has 1 amide bonds. The number of benzene rings is 1. The van der Waals surface area contributed by atoms with Crippen LogP contribution in [-0.4, -0.2) is 49.6 Å². The molecule has 0 aliphatic carbocycles. The molecule has 0 radical (unpaired) electrons. The molecule has 1 atom stereocenters. The van der Waals surface area contributed by atoms with Crippen LogP contribution in [0.1, 0.15) is 26.7 Å². The van der Waals surface area contributed by atoms with Crippen molar-refractivity contribution in [3.63, 3.8) is 0 Å². The summed E-state index contributed by atoms with van der Waals surface area (Å²) in [5.41, 5.74) is 0.814. The molecule has 1 aliphatic rings. The van der Waals surface area contributed by atoms with Crippen LogP contribution in [0.15, 0.2) is 24.3 Å². The van der Waals surface area contributed by atoms with Crippen LogP contribution < -0.4 is 15.4 Å². The molecule has 5 heteroatoms. The van der Waals surface area contributed by atoms with Gasteiger partial charge in [-0.2, -0.15) is 0 Å². The fourth-order valence-corrected chi connectivity index (χ4v) is 2.82. The van der Waals surface area contributed by atoms with E-state index in [1.54, 1.807) is 0 Å². The van der Waals surface area contributed by atoms with Gasteiger partial charge in [-0.1, -0.05) is 6.92 Å². The lowest BCUT2D eigenvalue weighted by Crippen LogP contribution is -2.42. The number of amides is 1. The monoisotopic (exact) mass is 305 g/mol. The molecule has 1 heterocycles. The zero-order chi connectivity index (χ0) is 15.8. The molecule has 2 N–H and O–H groups in total. The minimum absolute atomic E-state index is 0.0458. The van der Waals surface area contributed by atoms with Gasteiger partial charge in [0.2, 0.25) is 5.91 Å². The first kappa shape index (κ1) is 16.8. The second kappa shape index (κ2) is 8.76. The summed E-state index contributed by atoms with van der Waals surface area (Å²) in [5, 5.41) is 6.33. The summed E-state index contributed by atoms with van der Waals surface area (Å²) < 4.78 is 5.40. The van der Waals surface area contributed by atoms with Crippen molar-refractivity contribution in [2.75, 3.05) is 38.1 Å². The van der Waals surface area contributed by atoms with Crippen molar-refractivity contribution in [2.45, 2.75) is 32.7 Å². The maximum absolute atomic E-state index is 12.3.